The van der Waals surface area contributed by atoms with E-state index in [1.165, 1.54) is 32.1 Å². The molecule has 4 heteroatoms. The van der Waals surface area contributed by atoms with E-state index in [-0.39, 0.29) is 0 Å². The third-order valence-corrected chi connectivity index (χ3v) is 4.70. The number of benzene rings is 1. The highest BCUT2D eigenvalue weighted by atomic mass is 79.9. The molecule has 0 bridgehead atoms. The lowest BCUT2D eigenvalue weighted by Gasteiger charge is -2.17. The largest absolute Gasteiger partial charge is 0.478 e. The van der Waals surface area contributed by atoms with Gasteiger partial charge in [-0.25, -0.2) is 9.78 Å². The number of carbonyl (C=O) groups is 1. The van der Waals surface area contributed by atoms with Crippen molar-refractivity contribution in [1.82, 2.24) is 4.98 Å². The molecule has 22 heavy (non-hydrogen) atoms. The number of nitrogens with zero attached hydrogens (tertiary/aromatic N) is 1. The summed E-state index contributed by atoms with van der Waals surface area (Å²) in [5.41, 5.74) is 1.73. The molecule has 0 radical (unpaired) electrons. The van der Waals surface area contributed by atoms with Crippen molar-refractivity contribution < 1.29 is 9.90 Å². The van der Waals surface area contributed by atoms with Gasteiger partial charge in [0.1, 0.15) is 0 Å². The van der Waals surface area contributed by atoms with Crippen molar-refractivity contribution >= 4 is 38.9 Å². The fraction of sp³-hybridized carbons (Fsp3) is 0.333. The first-order chi connectivity index (χ1) is 10.6. The van der Waals surface area contributed by atoms with Crippen LogP contribution in [0.4, 0.5) is 0 Å². The molecule has 1 fully saturated rings. The number of carboxylic acid groups (broad SMARTS) is 1. The van der Waals surface area contributed by atoms with E-state index < -0.39 is 5.97 Å². The van der Waals surface area contributed by atoms with Gasteiger partial charge in [-0.1, -0.05) is 41.3 Å². The smallest absolute Gasteiger partial charge is 0.336 e. The summed E-state index contributed by atoms with van der Waals surface area (Å²) in [7, 11) is 0. The van der Waals surface area contributed by atoms with Crippen LogP contribution >= 0.6 is 15.9 Å². The van der Waals surface area contributed by atoms with Gasteiger partial charge in [-0.15, -0.1) is 0 Å². The highest BCUT2D eigenvalue weighted by Crippen LogP contribution is 2.26. The van der Waals surface area contributed by atoms with Crippen LogP contribution < -0.4 is 0 Å². The normalized spacial score (nSPS) is 16.4. The maximum atomic E-state index is 11.5. The minimum Gasteiger partial charge on any atom is -0.478 e. The average Bonchev–Trinajstić information content (AvgIpc) is 2.53. The Bertz CT molecular complexity index is 733. The Morgan fingerprint density at radius 3 is 2.73 bits per heavy atom. The lowest BCUT2D eigenvalue weighted by molar-refractivity contribution is 0.0699. The first kappa shape index (κ1) is 15.2. The van der Waals surface area contributed by atoms with E-state index in [2.05, 4.69) is 27.0 Å². The third-order valence-electron chi connectivity index (χ3n) is 4.21. The van der Waals surface area contributed by atoms with Gasteiger partial charge in [-0.3, -0.25) is 0 Å². The minimum atomic E-state index is -0.919. The van der Waals surface area contributed by atoms with E-state index in [1.807, 2.05) is 18.2 Å². The molecule has 114 valence electrons. The zero-order valence-corrected chi connectivity index (χ0v) is 13.8. The van der Waals surface area contributed by atoms with E-state index in [9.17, 15) is 9.90 Å². The van der Waals surface area contributed by atoms with Gasteiger partial charge < -0.3 is 5.11 Å². The van der Waals surface area contributed by atoms with Crippen molar-refractivity contribution in [3.8, 4) is 0 Å². The second-order valence-corrected chi connectivity index (χ2v) is 6.73. The van der Waals surface area contributed by atoms with Gasteiger partial charge in [0.15, 0.2) is 0 Å². The maximum Gasteiger partial charge on any atom is 0.336 e. The molecule has 1 N–H and O–H groups in total. The summed E-state index contributed by atoms with van der Waals surface area (Å²) in [4.78, 5) is 16.1. The fourth-order valence-electron chi connectivity index (χ4n) is 3.04. The summed E-state index contributed by atoms with van der Waals surface area (Å²) in [5.74, 6) is -0.317. The van der Waals surface area contributed by atoms with Crippen molar-refractivity contribution in [3.05, 3.63) is 46.1 Å². The molecular weight excluding hydrogens is 342 g/mol. The average molecular weight is 360 g/mol. The van der Waals surface area contributed by atoms with Crippen molar-refractivity contribution in [2.24, 2.45) is 5.92 Å². The number of rotatable bonds is 3. The number of pyridine rings is 1. The Morgan fingerprint density at radius 2 is 2.00 bits per heavy atom. The molecule has 0 aliphatic heterocycles. The first-order valence-electron chi connectivity index (χ1n) is 7.65. The monoisotopic (exact) mass is 359 g/mol. The standard InChI is InChI=1S/C18H18BrNO2/c19-13-7-9-17-15(10-13)16(18(21)22)11-14(20-17)8-6-12-4-2-1-3-5-12/h6-12H,1-5H2,(H,21,22)/b8-6+. The number of hydrogen-bond donors (Lipinski definition) is 1. The SMILES string of the molecule is O=C(O)c1cc(/C=C/C2CCCCC2)nc2ccc(Br)cc12. The Kier molecular flexibility index (Phi) is 4.57. The van der Waals surface area contributed by atoms with Gasteiger partial charge in [0.2, 0.25) is 0 Å². The number of halogens is 1. The van der Waals surface area contributed by atoms with Crippen molar-refractivity contribution in [2.75, 3.05) is 0 Å². The van der Waals surface area contributed by atoms with Crippen molar-refractivity contribution in [1.29, 1.82) is 0 Å². The predicted octanol–water partition coefficient (Wildman–Crippen LogP) is 5.29. The third kappa shape index (κ3) is 3.38. The molecule has 0 unspecified atom stereocenters. The zero-order chi connectivity index (χ0) is 15.5. The maximum absolute atomic E-state index is 11.5. The van der Waals surface area contributed by atoms with Crippen LogP contribution in [0.1, 0.15) is 48.2 Å². The van der Waals surface area contributed by atoms with Crippen molar-refractivity contribution in [3.63, 3.8) is 0 Å². The van der Waals surface area contributed by atoms with Crippen LogP contribution in [0.2, 0.25) is 0 Å². The fourth-order valence-corrected chi connectivity index (χ4v) is 3.40. The number of aromatic carboxylic acids is 1. The quantitative estimate of drug-likeness (QED) is 0.809. The molecule has 1 aromatic carbocycles. The van der Waals surface area contributed by atoms with Gasteiger partial charge in [0.25, 0.3) is 0 Å². The van der Waals surface area contributed by atoms with E-state index >= 15 is 0 Å². The molecule has 1 aromatic heterocycles. The van der Waals surface area contributed by atoms with Gasteiger partial charge in [-0.05, 0) is 49.1 Å². The summed E-state index contributed by atoms with van der Waals surface area (Å²) < 4.78 is 0.856. The Labute approximate surface area is 138 Å². The summed E-state index contributed by atoms with van der Waals surface area (Å²) in [6.07, 6.45) is 10.5. The van der Waals surface area contributed by atoms with E-state index in [0.717, 1.165) is 10.2 Å². The van der Waals surface area contributed by atoms with Crippen LogP contribution in [0.3, 0.4) is 0 Å². The lowest BCUT2D eigenvalue weighted by atomic mass is 9.89. The molecule has 0 atom stereocenters. The lowest BCUT2D eigenvalue weighted by Crippen LogP contribution is -2.03. The van der Waals surface area contributed by atoms with Crippen LogP contribution in [-0.2, 0) is 0 Å². The van der Waals surface area contributed by atoms with Gasteiger partial charge in [0.05, 0.1) is 16.8 Å². The molecule has 1 heterocycles. The first-order valence-corrected chi connectivity index (χ1v) is 8.44. The Balaban J connectivity index is 1.98. The summed E-state index contributed by atoms with van der Waals surface area (Å²) in [6.45, 7) is 0. The second kappa shape index (κ2) is 6.61. The van der Waals surface area contributed by atoms with E-state index in [0.29, 0.717) is 22.4 Å². The summed E-state index contributed by atoms with van der Waals surface area (Å²) in [6, 6.07) is 7.20. The number of aromatic nitrogens is 1. The Hall–Kier alpha value is -1.68. The molecule has 1 aliphatic rings. The number of carboxylic acids is 1. The molecule has 0 spiro atoms. The number of allylic oxidation sites excluding steroid dienone is 1. The number of hydrogen-bond acceptors (Lipinski definition) is 2. The van der Waals surface area contributed by atoms with Gasteiger partial charge >= 0.3 is 5.97 Å². The molecule has 3 rings (SSSR count). The van der Waals surface area contributed by atoms with Crippen LogP contribution in [0.15, 0.2) is 34.8 Å². The summed E-state index contributed by atoms with van der Waals surface area (Å²) in [5, 5.41) is 10.1. The molecule has 1 aliphatic carbocycles. The topological polar surface area (TPSA) is 50.2 Å². The molecule has 3 nitrogen and oxygen atoms in total. The van der Waals surface area contributed by atoms with Crippen molar-refractivity contribution in [2.45, 2.75) is 32.1 Å². The van der Waals surface area contributed by atoms with Gasteiger partial charge in [-0.2, -0.15) is 0 Å². The highest BCUT2D eigenvalue weighted by molar-refractivity contribution is 9.10. The second-order valence-electron chi connectivity index (χ2n) is 5.82. The highest BCUT2D eigenvalue weighted by Gasteiger charge is 2.13. The summed E-state index contributed by atoms with van der Waals surface area (Å²) >= 11 is 3.38. The van der Waals surface area contributed by atoms with Crippen LogP contribution in [0.25, 0.3) is 17.0 Å². The molecule has 0 amide bonds. The van der Waals surface area contributed by atoms with E-state index in [4.69, 9.17) is 0 Å². The molecule has 0 saturated heterocycles. The minimum absolute atomic E-state index is 0.301. The molecular formula is C18H18BrNO2. The van der Waals surface area contributed by atoms with E-state index in [1.54, 1.807) is 12.1 Å². The Morgan fingerprint density at radius 1 is 1.23 bits per heavy atom. The van der Waals surface area contributed by atoms with Crippen LogP contribution in [-0.4, -0.2) is 16.1 Å². The van der Waals surface area contributed by atoms with Crippen LogP contribution in [0.5, 0.6) is 0 Å². The predicted molar refractivity (Wildman–Crippen MR) is 92.0 cm³/mol. The number of fused-ring (bicyclic) bond motifs is 1. The van der Waals surface area contributed by atoms with Gasteiger partial charge in [0, 0.05) is 9.86 Å². The molecule has 2 aromatic rings. The van der Waals surface area contributed by atoms with Crippen LogP contribution in [0, 0.1) is 5.92 Å². The zero-order valence-electron chi connectivity index (χ0n) is 12.3. The molecule has 1 saturated carbocycles.